The van der Waals surface area contributed by atoms with Gasteiger partial charge in [0.05, 0.1) is 40.4 Å². The molecule has 3 aromatic rings. The van der Waals surface area contributed by atoms with Crippen molar-refractivity contribution >= 4 is 50.5 Å². The third kappa shape index (κ3) is 6.58. The monoisotopic (exact) mass is 613 g/mol. The molecule has 2 unspecified atom stereocenters. The van der Waals surface area contributed by atoms with Crippen LogP contribution in [0.4, 0.5) is 35.2 Å². The third-order valence-corrected chi connectivity index (χ3v) is 8.22. The number of rotatable bonds is 7. The van der Waals surface area contributed by atoms with Crippen molar-refractivity contribution in [3.05, 3.63) is 71.9 Å². The number of aryl methyl sites for hydroxylation is 1. The Bertz CT molecular complexity index is 1640. The van der Waals surface area contributed by atoms with Gasteiger partial charge in [-0.15, -0.1) is 0 Å². The van der Waals surface area contributed by atoms with Crippen LogP contribution in [0.1, 0.15) is 17.7 Å². The van der Waals surface area contributed by atoms with E-state index in [-0.39, 0.29) is 22.9 Å². The Labute approximate surface area is 233 Å². The number of halogens is 3. The smallest absolute Gasteiger partial charge is 0.416 e. The molecule has 0 fully saturated rings. The molecular formula is C24H20F3N4O8S2-. The number of hydrogen-bond acceptors (Lipinski definition) is 8. The number of ether oxygens (including phenoxy) is 1. The number of alkyl halides is 3. The third-order valence-electron chi connectivity index (χ3n) is 5.75. The summed E-state index contributed by atoms with van der Waals surface area (Å²) in [5.74, 6) is -1.38. The fraction of sp³-hybridized carbons (Fsp3) is 0.208. The number of pyridine rings is 1. The van der Waals surface area contributed by atoms with Gasteiger partial charge >= 0.3 is 12.3 Å². The molecule has 0 bridgehead atoms. The average molecular weight is 614 g/mol. The first-order chi connectivity index (χ1) is 19.2. The van der Waals surface area contributed by atoms with Gasteiger partial charge in [0.15, 0.2) is 0 Å². The minimum Gasteiger partial charge on any atom is -0.755 e. The van der Waals surface area contributed by atoms with E-state index in [2.05, 4.69) is 4.98 Å². The van der Waals surface area contributed by atoms with Crippen LogP contribution in [0.25, 0.3) is 0 Å². The largest absolute Gasteiger partial charge is 0.755 e. The molecule has 12 nitrogen and oxygen atoms in total. The van der Waals surface area contributed by atoms with E-state index in [1.165, 1.54) is 24.3 Å². The van der Waals surface area contributed by atoms with E-state index in [0.29, 0.717) is 26.4 Å². The first-order valence-corrected chi connectivity index (χ1v) is 14.0. The van der Waals surface area contributed by atoms with E-state index >= 15 is 0 Å². The van der Waals surface area contributed by atoms with Crippen molar-refractivity contribution in [3.8, 4) is 5.75 Å². The van der Waals surface area contributed by atoms with Crippen molar-refractivity contribution in [1.82, 2.24) is 4.98 Å². The van der Waals surface area contributed by atoms with Crippen molar-refractivity contribution in [1.29, 1.82) is 0 Å². The molecule has 2 N–H and O–H groups in total. The molecule has 41 heavy (non-hydrogen) atoms. The van der Waals surface area contributed by atoms with Crippen LogP contribution in [0.3, 0.4) is 0 Å². The van der Waals surface area contributed by atoms with Crippen molar-refractivity contribution in [3.63, 3.8) is 0 Å². The standard InChI is InChI=1S/C24H21F3N4O8S2/c1-14-4-2-7-21(28-14)31(40(35)36)22(32)12-17-13-30(19-11-16(29-23(33)34)8-9-20(19)39-17)41(37,38)18-6-3-5-15(10-18)24(25,26)27/h2-11,17,29H,12-13H2,1H3,(H,33,34)(H,35,36)/p-1. The highest BCUT2D eigenvalue weighted by molar-refractivity contribution is 7.92. The molecule has 2 aromatic carbocycles. The molecular weight excluding hydrogens is 593 g/mol. The van der Waals surface area contributed by atoms with Gasteiger partial charge in [0.2, 0.25) is 5.91 Å². The van der Waals surface area contributed by atoms with Crippen LogP contribution in [-0.2, 0) is 32.3 Å². The van der Waals surface area contributed by atoms with Crippen LogP contribution >= 0.6 is 0 Å². The summed E-state index contributed by atoms with van der Waals surface area (Å²) in [6, 6.07) is 10.9. The molecule has 1 aliphatic heterocycles. The van der Waals surface area contributed by atoms with Crippen molar-refractivity contribution < 1.29 is 49.8 Å². The zero-order valence-corrected chi connectivity index (χ0v) is 22.5. The molecule has 2 atom stereocenters. The fourth-order valence-electron chi connectivity index (χ4n) is 4.01. The van der Waals surface area contributed by atoms with Crippen LogP contribution in [0, 0.1) is 6.92 Å². The minimum absolute atomic E-state index is 0.0722. The van der Waals surface area contributed by atoms with Crippen LogP contribution in [0.2, 0.25) is 0 Å². The Hall–Kier alpha value is -4.22. The fourth-order valence-corrected chi connectivity index (χ4v) is 6.05. The van der Waals surface area contributed by atoms with Gasteiger partial charge in [-0.3, -0.25) is 18.6 Å². The van der Waals surface area contributed by atoms with Crippen LogP contribution < -0.4 is 18.7 Å². The van der Waals surface area contributed by atoms with E-state index in [0.717, 1.165) is 18.2 Å². The number of carboxylic acid groups (broad SMARTS) is 1. The van der Waals surface area contributed by atoms with Crippen molar-refractivity contribution in [2.24, 2.45) is 0 Å². The number of anilines is 3. The van der Waals surface area contributed by atoms with E-state index in [4.69, 9.17) is 9.84 Å². The van der Waals surface area contributed by atoms with Gasteiger partial charge in [-0.25, -0.2) is 22.5 Å². The quantitative estimate of drug-likeness (QED) is 0.378. The summed E-state index contributed by atoms with van der Waals surface area (Å²) in [5.41, 5.74) is -1.10. The lowest BCUT2D eigenvalue weighted by Crippen LogP contribution is -2.46. The van der Waals surface area contributed by atoms with Crippen molar-refractivity contribution in [2.75, 3.05) is 20.5 Å². The highest BCUT2D eigenvalue weighted by atomic mass is 32.2. The van der Waals surface area contributed by atoms with Gasteiger partial charge in [-0.1, -0.05) is 12.1 Å². The summed E-state index contributed by atoms with van der Waals surface area (Å²) in [6.07, 6.45) is -8.28. The summed E-state index contributed by atoms with van der Waals surface area (Å²) in [7, 11) is -4.75. The number of carbonyl (C=O) groups excluding carboxylic acids is 1. The number of fused-ring (bicyclic) bond motifs is 1. The van der Waals surface area contributed by atoms with Gasteiger partial charge < -0.3 is 14.4 Å². The van der Waals surface area contributed by atoms with E-state index in [9.17, 15) is 39.9 Å². The Balaban J connectivity index is 1.74. The van der Waals surface area contributed by atoms with Crippen molar-refractivity contribution in [2.45, 2.75) is 30.5 Å². The maximum absolute atomic E-state index is 13.7. The summed E-state index contributed by atoms with van der Waals surface area (Å²) in [4.78, 5) is 27.5. The summed E-state index contributed by atoms with van der Waals surface area (Å²) < 4.78 is 97.9. The molecule has 1 aliphatic rings. The van der Waals surface area contributed by atoms with E-state index < -0.39 is 69.0 Å². The zero-order valence-electron chi connectivity index (χ0n) is 20.9. The molecule has 17 heteroatoms. The molecule has 0 saturated carbocycles. The van der Waals surface area contributed by atoms with Gasteiger partial charge in [-0.2, -0.15) is 13.2 Å². The molecule has 4 rings (SSSR count). The number of carbonyl (C=O) groups is 2. The van der Waals surface area contributed by atoms with Crippen LogP contribution in [0.5, 0.6) is 5.75 Å². The Morgan fingerprint density at radius 1 is 1.20 bits per heavy atom. The van der Waals surface area contributed by atoms with E-state index in [1.54, 1.807) is 13.0 Å². The Kier molecular flexibility index (Phi) is 8.23. The highest BCUT2D eigenvalue weighted by Crippen LogP contribution is 2.40. The van der Waals surface area contributed by atoms with Gasteiger partial charge in [0, 0.05) is 11.4 Å². The normalized spacial score (nSPS) is 15.8. The molecule has 0 radical (unpaired) electrons. The molecule has 0 spiro atoms. The minimum atomic E-state index is -4.84. The summed E-state index contributed by atoms with van der Waals surface area (Å²) >= 11 is -3.10. The van der Waals surface area contributed by atoms with Crippen LogP contribution in [0.15, 0.2) is 65.6 Å². The molecule has 2 amide bonds. The van der Waals surface area contributed by atoms with Gasteiger partial charge in [0.1, 0.15) is 17.7 Å². The zero-order chi connectivity index (χ0) is 30.1. The first kappa shape index (κ1) is 29.8. The number of nitrogens with zero attached hydrogens (tertiary/aromatic N) is 3. The number of aromatic nitrogens is 1. The number of sulfonamides is 1. The topological polar surface area (TPSA) is 169 Å². The SMILES string of the molecule is Cc1cccc(N(C(=O)CC2CN(S(=O)(=O)c3cccc(C(F)(F)F)c3)c3cc(NC(=O)O)ccc3O2)S(=O)[O-])n1. The molecule has 218 valence electrons. The predicted octanol–water partition coefficient (Wildman–Crippen LogP) is 3.67. The highest BCUT2D eigenvalue weighted by Gasteiger charge is 2.38. The second-order valence-electron chi connectivity index (χ2n) is 8.66. The molecule has 2 heterocycles. The lowest BCUT2D eigenvalue weighted by atomic mass is 10.1. The average Bonchev–Trinajstić information content (AvgIpc) is 2.87. The first-order valence-electron chi connectivity index (χ1n) is 11.5. The van der Waals surface area contributed by atoms with Crippen LogP contribution in [-0.4, -0.2) is 51.9 Å². The molecule has 0 aliphatic carbocycles. The van der Waals surface area contributed by atoms with E-state index in [1.807, 2.05) is 5.32 Å². The Morgan fingerprint density at radius 2 is 1.90 bits per heavy atom. The Morgan fingerprint density at radius 3 is 2.54 bits per heavy atom. The maximum atomic E-state index is 13.7. The maximum Gasteiger partial charge on any atom is 0.416 e. The molecule has 1 aromatic heterocycles. The van der Waals surface area contributed by atoms with Gasteiger partial charge in [-0.05, 0) is 55.5 Å². The number of nitrogens with one attached hydrogen (secondary N) is 1. The number of amides is 2. The second-order valence-corrected chi connectivity index (χ2v) is 11.3. The van der Waals surface area contributed by atoms with Gasteiger partial charge in [0.25, 0.3) is 10.0 Å². The lowest BCUT2D eigenvalue weighted by molar-refractivity contribution is -0.137. The predicted molar refractivity (Wildman–Crippen MR) is 138 cm³/mol. The number of benzene rings is 2. The second kappa shape index (κ2) is 11.3. The number of hydrogen-bond donors (Lipinski definition) is 2. The molecule has 0 saturated heterocycles. The summed E-state index contributed by atoms with van der Waals surface area (Å²) in [5, 5.41) is 11.1. The summed E-state index contributed by atoms with van der Waals surface area (Å²) in [6.45, 7) is 0.944. The lowest BCUT2D eigenvalue weighted by Gasteiger charge is -2.36.